The maximum Gasteiger partial charge on any atom is 0.244 e. The van der Waals surface area contributed by atoms with Gasteiger partial charge in [-0.1, -0.05) is 12.1 Å². The van der Waals surface area contributed by atoms with Crippen LogP contribution < -0.4 is 15.0 Å². The number of carbonyl (C=O) groups excluding carboxylic acids is 2. The summed E-state index contributed by atoms with van der Waals surface area (Å²) >= 11 is 0. The Balaban J connectivity index is 1.43. The monoisotopic (exact) mass is 458 g/mol. The smallest absolute Gasteiger partial charge is 0.244 e. The third-order valence-electron chi connectivity index (χ3n) is 5.57. The number of likely N-dealkylation sites (N-methyl/N-ethyl adjacent to an activating group) is 1. The summed E-state index contributed by atoms with van der Waals surface area (Å²) < 4.78 is 32.7. The third-order valence-corrected chi connectivity index (χ3v) is 7.48. The fourth-order valence-corrected chi connectivity index (χ4v) is 5.15. The zero-order valence-corrected chi connectivity index (χ0v) is 18.7. The summed E-state index contributed by atoms with van der Waals surface area (Å²) in [5, 5.41) is 2.74. The van der Waals surface area contributed by atoms with Crippen LogP contribution in [0, 0.1) is 0 Å². The van der Waals surface area contributed by atoms with Gasteiger partial charge in [-0.2, -0.15) is 4.31 Å². The first-order valence-corrected chi connectivity index (χ1v) is 11.9. The van der Waals surface area contributed by atoms with Crippen LogP contribution in [0.15, 0.2) is 53.4 Å². The van der Waals surface area contributed by atoms with Crippen molar-refractivity contribution in [3.8, 4) is 5.75 Å². The molecule has 10 heteroatoms. The first-order chi connectivity index (χ1) is 15.3. The van der Waals surface area contributed by atoms with E-state index in [1.807, 2.05) is 13.1 Å². The minimum Gasteiger partial charge on any atom is -0.491 e. The molecule has 2 aromatic rings. The van der Waals surface area contributed by atoms with Gasteiger partial charge in [0, 0.05) is 31.9 Å². The average molecular weight is 459 g/mol. The second kappa shape index (κ2) is 9.27. The number of carbonyl (C=O) groups is 2. The van der Waals surface area contributed by atoms with Crippen LogP contribution in [0.3, 0.4) is 0 Å². The molecular weight excluding hydrogens is 432 g/mol. The van der Waals surface area contributed by atoms with Gasteiger partial charge in [-0.25, -0.2) is 8.42 Å². The van der Waals surface area contributed by atoms with Gasteiger partial charge in [0.05, 0.1) is 23.6 Å². The number of anilines is 2. The van der Waals surface area contributed by atoms with Crippen LogP contribution in [-0.4, -0.2) is 75.8 Å². The van der Waals surface area contributed by atoms with Gasteiger partial charge in [0.15, 0.2) is 0 Å². The molecule has 0 aliphatic carbocycles. The van der Waals surface area contributed by atoms with Gasteiger partial charge >= 0.3 is 0 Å². The third kappa shape index (κ3) is 4.77. The Morgan fingerprint density at radius 2 is 1.72 bits per heavy atom. The summed E-state index contributed by atoms with van der Waals surface area (Å²) in [6, 6.07) is 13.2. The van der Waals surface area contributed by atoms with Gasteiger partial charge < -0.3 is 15.0 Å². The molecular formula is C22H26N4O5S. The van der Waals surface area contributed by atoms with Crippen molar-refractivity contribution in [3.63, 3.8) is 0 Å². The molecule has 1 fully saturated rings. The topological polar surface area (TPSA) is 99.3 Å². The Bertz CT molecular complexity index is 1100. The lowest BCUT2D eigenvalue weighted by atomic mass is 10.2. The Labute approximate surface area is 187 Å². The number of sulfonamides is 1. The van der Waals surface area contributed by atoms with Crippen molar-refractivity contribution in [2.45, 2.75) is 11.3 Å². The molecule has 4 rings (SSSR count). The average Bonchev–Trinajstić information content (AvgIpc) is 2.93. The van der Waals surface area contributed by atoms with Crippen molar-refractivity contribution in [2.75, 3.05) is 56.6 Å². The van der Waals surface area contributed by atoms with E-state index in [1.165, 1.54) is 21.3 Å². The normalized spacial score (nSPS) is 17.9. The highest BCUT2D eigenvalue weighted by Gasteiger charge is 2.28. The Morgan fingerprint density at radius 1 is 1.03 bits per heavy atom. The minimum absolute atomic E-state index is 0.166. The number of fused-ring (bicyclic) bond motifs is 1. The summed E-state index contributed by atoms with van der Waals surface area (Å²) in [4.78, 5) is 28.8. The summed E-state index contributed by atoms with van der Waals surface area (Å²) in [6.07, 6.45) is 0.181. The van der Waals surface area contributed by atoms with Crippen molar-refractivity contribution in [1.29, 1.82) is 0 Å². The van der Waals surface area contributed by atoms with Crippen molar-refractivity contribution in [3.05, 3.63) is 48.5 Å². The molecule has 2 heterocycles. The molecule has 0 atom stereocenters. The molecule has 2 aliphatic heterocycles. The Kier molecular flexibility index (Phi) is 6.45. The first kappa shape index (κ1) is 22.3. The van der Waals surface area contributed by atoms with E-state index in [1.54, 1.807) is 30.3 Å². The molecule has 0 unspecified atom stereocenters. The SMILES string of the molecule is CN1CCN(S(=O)(=O)c2ccc(NC(=O)CN3C(=O)CCOc4ccccc43)cc2)CC1. The number of para-hydroxylation sites is 2. The van der Waals surface area contributed by atoms with E-state index in [4.69, 9.17) is 4.74 Å². The fraction of sp³-hybridized carbons (Fsp3) is 0.364. The van der Waals surface area contributed by atoms with Crippen LogP contribution in [0.4, 0.5) is 11.4 Å². The number of ether oxygens (including phenoxy) is 1. The van der Waals surface area contributed by atoms with Crippen molar-refractivity contribution in [2.24, 2.45) is 0 Å². The van der Waals surface area contributed by atoms with Gasteiger partial charge in [-0.05, 0) is 43.4 Å². The second-order valence-electron chi connectivity index (χ2n) is 7.83. The number of nitrogens with zero attached hydrogens (tertiary/aromatic N) is 3. The van der Waals surface area contributed by atoms with Crippen LogP contribution in [0.25, 0.3) is 0 Å². The van der Waals surface area contributed by atoms with Crippen molar-refractivity contribution in [1.82, 2.24) is 9.21 Å². The maximum absolute atomic E-state index is 12.8. The van der Waals surface area contributed by atoms with Crippen LogP contribution in [0.1, 0.15) is 6.42 Å². The zero-order chi connectivity index (χ0) is 22.7. The zero-order valence-electron chi connectivity index (χ0n) is 17.9. The van der Waals surface area contributed by atoms with Crippen LogP contribution in [0.2, 0.25) is 0 Å². The number of nitrogens with one attached hydrogen (secondary N) is 1. The molecule has 1 N–H and O–H groups in total. The van der Waals surface area contributed by atoms with Crippen LogP contribution >= 0.6 is 0 Å². The molecule has 2 aromatic carbocycles. The van der Waals surface area contributed by atoms with Gasteiger partial charge in [0.25, 0.3) is 0 Å². The Hall–Kier alpha value is -2.95. The molecule has 32 heavy (non-hydrogen) atoms. The molecule has 0 bridgehead atoms. The van der Waals surface area contributed by atoms with E-state index in [-0.39, 0.29) is 36.3 Å². The van der Waals surface area contributed by atoms with E-state index < -0.39 is 10.0 Å². The first-order valence-electron chi connectivity index (χ1n) is 10.5. The lowest BCUT2D eigenvalue weighted by Crippen LogP contribution is -2.46. The molecule has 2 aliphatic rings. The summed E-state index contributed by atoms with van der Waals surface area (Å²) in [7, 11) is -1.61. The largest absolute Gasteiger partial charge is 0.491 e. The molecule has 170 valence electrons. The number of hydrogen-bond acceptors (Lipinski definition) is 6. The van der Waals surface area contributed by atoms with Crippen molar-refractivity contribution < 1.29 is 22.7 Å². The van der Waals surface area contributed by atoms with E-state index in [0.717, 1.165) is 0 Å². The predicted octanol–water partition coefficient (Wildman–Crippen LogP) is 1.38. The molecule has 0 spiro atoms. The van der Waals surface area contributed by atoms with E-state index >= 15 is 0 Å². The van der Waals surface area contributed by atoms with E-state index in [9.17, 15) is 18.0 Å². The minimum atomic E-state index is -3.57. The molecule has 0 aromatic heterocycles. The van der Waals surface area contributed by atoms with Gasteiger partial charge in [0.2, 0.25) is 21.8 Å². The van der Waals surface area contributed by atoms with E-state index in [0.29, 0.717) is 43.3 Å². The van der Waals surface area contributed by atoms with Gasteiger partial charge in [-0.3, -0.25) is 14.5 Å². The molecule has 2 amide bonds. The highest BCUT2D eigenvalue weighted by molar-refractivity contribution is 7.89. The van der Waals surface area contributed by atoms with E-state index in [2.05, 4.69) is 10.2 Å². The number of hydrogen-bond donors (Lipinski definition) is 1. The highest BCUT2D eigenvalue weighted by atomic mass is 32.2. The van der Waals surface area contributed by atoms with Gasteiger partial charge in [0.1, 0.15) is 12.3 Å². The summed E-state index contributed by atoms with van der Waals surface area (Å²) in [6.45, 7) is 2.38. The quantitative estimate of drug-likeness (QED) is 0.727. The lowest BCUT2D eigenvalue weighted by Gasteiger charge is -2.31. The van der Waals surface area contributed by atoms with Gasteiger partial charge in [-0.15, -0.1) is 0 Å². The van der Waals surface area contributed by atoms with Crippen molar-refractivity contribution >= 4 is 33.2 Å². The standard InChI is InChI=1S/C22H26N4O5S/c1-24-11-13-25(14-12-24)32(29,30)18-8-6-17(7-9-18)23-21(27)16-26-19-4-2-3-5-20(19)31-15-10-22(26)28/h2-9H,10-16H2,1H3,(H,23,27). The van der Waals surface area contributed by atoms with Crippen LogP contribution in [0.5, 0.6) is 5.75 Å². The highest BCUT2D eigenvalue weighted by Crippen LogP contribution is 2.30. The lowest BCUT2D eigenvalue weighted by molar-refractivity contribution is -0.121. The fourth-order valence-electron chi connectivity index (χ4n) is 3.73. The number of piperazine rings is 1. The molecule has 1 saturated heterocycles. The van der Waals surface area contributed by atoms with Crippen LogP contribution in [-0.2, 0) is 19.6 Å². The molecule has 9 nitrogen and oxygen atoms in total. The Morgan fingerprint density at radius 3 is 2.44 bits per heavy atom. The summed E-state index contributed by atoms with van der Waals surface area (Å²) in [5.74, 6) is -0.0203. The number of benzene rings is 2. The number of rotatable bonds is 5. The summed E-state index contributed by atoms with van der Waals surface area (Å²) in [5.41, 5.74) is 1.01. The molecule has 0 saturated carbocycles. The predicted molar refractivity (Wildman–Crippen MR) is 120 cm³/mol. The molecule has 0 radical (unpaired) electrons. The maximum atomic E-state index is 12.8. The second-order valence-corrected chi connectivity index (χ2v) is 9.76. The number of amides is 2.